The first kappa shape index (κ1) is 15.7. The number of nitrogens with zero attached hydrogens (tertiary/aromatic N) is 2. The molecule has 1 aliphatic heterocycles. The third kappa shape index (κ3) is 3.00. The molecular formula is C18H17ClN2O2. The van der Waals surface area contributed by atoms with Crippen LogP contribution in [-0.2, 0) is 9.53 Å². The minimum atomic E-state index is -0.382. The molecule has 1 atom stereocenters. The minimum absolute atomic E-state index is 0.0736. The van der Waals surface area contributed by atoms with Gasteiger partial charge in [0.1, 0.15) is 12.8 Å². The fourth-order valence-corrected chi connectivity index (χ4v) is 2.87. The molecule has 0 N–H and O–H groups in total. The zero-order valence-corrected chi connectivity index (χ0v) is 13.7. The Kier molecular flexibility index (Phi) is 4.46. The number of hydrogen-bond acceptors (Lipinski definition) is 3. The lowest BCUT2D eigenvalue weighted by Crippen LogP contribution is -2.41. The Morgan fingerprint density at radius 3 is 2.65 bits per heavy atom. The van der Waals surface area contributed by atoms with E-state index in [4.69, 9.17) is 16.3 Å². The predicted molar refractivity (Wildman–Crippen MR) is 92.4 cm³/mol. The van der Waals surface area contributed by atoms with Crippen LogP contribution in [0.2, 0.25) is 5.02 Å². The molecule has 118 valence electrons. The van der Waals surface area contributed by atoms with Gasteiger partial charge < -0.3 is 4.74 Å². The lowest BCUT2D eigenvalue weighted by molar-refractivity contribution is -0.119. The Labute approximate surface area is 140 Å². The van der Waals surface area contributed by atoms with E-state index in [2.05, 4.69) is 4.99 Å². The largest absolute Gasteiger partial charge is 0.361 e. The van der Waals surface area contributed by atoms with Crippen molar-refractivity contribution in [1.82, 2.24) is 0 Å². The molecule has 0 fully saturated rings. The molecule has 0 saturated carbocycles. The number of benzodiazepines with no additional fused rings is 1. The Hall–Kier alpha value is -2.17. The molecule has 2 aromatic rings. The van der Waals surface area contributed by atoms with Crippen molar-refractivity contribution in [3.8, 4) is 0 Å². The quantitative estimate of drug-likeness (QED) is 0.865. The van der Waals surface area contributed by atoms with E-state index in [1.54, 1.807) is 18.1 Å². The van der Waals surface area contributed by atoms with E-state index in [9.17, 15) is 4.79 Å². The molecule has 3 rings (SSSR count). The third-order valence-electron chi connectivity index (χ3n) is 3.87. The molecule has 0 radical (unpaired) electrons. The van der Waals surface area contributed by atoms with E-state index in [0.717, 1.165) is 22.5 Å². The molecule has 0 spiro atoms. The second-order valence-corrected chi connectivity index (χ2v) is 5.73. The number of halogens is 1. The molecular weight excluding hydrogens is 312 g/mol. The number of ether oxygens (including phenoxy) is 1. The van der Waals surface area contributed by atoms with Crippen molar-refractivity contribution in [1.29, 1.82) is 0 Å². The minimum Gasteiger partial charge on any atom is -0.361 e. The molecule has 1 unspecified atom stereocenters. The Balaban J connectivity index is 2.20. The van der Waals surface area contributed by atoms with Gasteiger partial charge in [-0.25, -0.2) is 0 Å². The van der Waals surface area contributed by atoms with Gasteiger partial charge in [0.15, 0.2) is 0 Å². The smallest absolute Gasteiger partial charge is 0.250 e. The normalized spacial score (nSPS) is 15.7. The SMILES string of the molecule is COC(C)N1C(=O)CN=C(c2ccccc2)c2cc(Cl)ccc21. The number of benzene rings is 2. The number of methoxy groups -OCH3 is 1. The van der Waals surface area contributed by atoms with Gasteiger partial charge in [0.2, 0.25) is 0 Å². The summed E-state index contributed by atoms with van der Waals surface area (Å²) in [6.45, 7) is 1.91. The number of carbonyl (C=O) groups is 1. The molecule has 0 aliphatic carbocycles. The van der Waals surface area contributed by atoms with Crippen molar-refractivity contribution in [2.75, 3.05) is 18.6 Å². The summed E-state index contributed by atoms with van der Waals surface area (Å²) < 4.78 is 5.36. The lowest BCUT2D eigenvalue weighted by atomic mass is 10.00. The van der Waals surface area contributed by atoms with Gasteiger partial charge in [-0.15, -0.1) is 0 Å². The zero-order valence-electron chi connectivity index (χ0n) is 13.0. The van der Waals surface area contributed by atoms with Crippen LogP contribution in [0, 0.1) is 0 Å². The summed E-state index contributed by atoms with van der Waals surface area (Å²) in [5.74, 6) is -0.103. The zero-order chi connectivity index (χ0) is 16.4. The summed E-state index contributed by atoms with van der Waals surface area (Å²) in [6, 6.07) is 15.3. The van der Waals surface area contributed by atoms with Gasteiger partial charge in [0.05, 0.1) is 11.4 Å². The molecule has 0 bridgehead atoms. The molecule has 23 heavy (non-hydrogen) atoms. The Morgan fingerprint density at radius 2 is 1.96 bits per heavy atom. The highest BCUT2D eigenvalue weighted by atomic mass is 35.5. The lowest BCUT2D eigenvalue weighted by Gasteiger charge is -2.28. The van der Waals surface area contributed by atoms with Crippen molar-refractivity contribution in [3.63, 3.8) is 0 Å². The highest BCUT2D eigenvalue weighted by molar-refractivity contribution is 6.32. The summed E-state index contributed by atoms with van der Waals surface area (Å²) in [7, 11) is 1.58. The second kappa shape index (κ2) is 6.52. The highest BCUT2D eigenvalue weighted by Gasteiger charge is 2.28. The van der Waals surface area contributed by atoms with Crippen LogP contribution < -0.4 is 4.90 Å². The summed E-state index contributed by atoms with van der Waals surface area (Å²) >= 11 is 6.19. The molecule has 1 heterocycles. The fraction of sp³-hybridized carbons (Fsp3) is 0.222. The van der Waals surface area contributed by atoms with Crippen LogP contribution in [0.4, 0.5) is 5.69 Å². The van der Waals surface area contributed by atoms with E-state index in [0.29, 0.717) is 5.02 Å². The van der Waals surface area contributed by atoms with Crippen LogP contribution in [0.3, 0.4) is 0 Å². The van der Waals surface area contributed by atoms with E-state index in [1.165, 1.54) is 0 Å². The molecule has 1 amide bonds. The standard InChI is InChI=1S/C18H17ClN2O2/c1-12(23-2)21-16-9-8-14(19)10-15(16)18(20-11-17(21)22)13-6-4-3-5-7-13/h3-10,12H,11H2,1-2H3. The van der Waals surface area contributed by atoms with E-state index < -0.39 is 0 Å². The summed E-state index contributed by atoms with van der Waals surface area (Å²) in [5.41, 5.74) is 3.31. The predicted octanol–water partition coefficient (Wildman–Crippen LogP) is 3.52. The monoisotopic (exact) mass is 328 g/mol. The first-order valence-corrected chi connectivity index (χ1v) is 7.74. The van der Waals surface area contributed by atoms with Crippen LogP contribution >= 0.6 is 11.6 Å². The summed E-state index contributed by atoms with van der Waals surface area (Å²) in [4.78, 5) is 18.7. The van der Waals surface area contributed by atoms with Crippen LogP contribution in [0.1, 0.15) is 18.1 Å². The van der Waals surface area contributed by atoms with Crippen molar-refractivity contribution in [3.05, 3.63) is 64.7 Å². The first-order valence-electron chi connectivity index (χ1n) is 7.36. The highest BCUT2D eigenvalue weighted by Crippen LogP contribution is 2.31. The van der Waals surface area contributed by atoms with E-state index in [1.807, 2.05) is 49.4 Å². The maximum atomic E-state index is 12.5. The van der Waals surface area contributed by atoms with Gasteiger partial charge >= 0.3 is 0 Å². The van der Waals surface area contributed by atoms with Crippen LogP contribution in [0.15, 0.2) is 53.5 Å². The number of rotatable bonds is 3. The maximum Gasteiger partial charge on any atom is 0.250 e. The summed E-state index contributed by atoms with van der Waals surface area (Å²) in [6.07, 6.45) is -0.382. The average Bonchev–Trinajstić information content (AvgIpc) is 2.71. The number of amides is 1. The fourth-order valence-electron chi connectivity index (χ4n) is 2.70. The van der Waals surface area contributed by atoms with Crippen molar-refractivity contribution < 1.29 is 9.53 Å². The van der Waals surface area contributed by atoms with Gasteiger partial charge in [-0.3, -0.25) is 14.7 Å². The maximum absolute atomic E-state index is 12.5. The van der Waals surface area contributed by atoms with Gasteiger partial charge in [-0.2, -0.15) is 0 Å². The molecule has 1 aliphatic rings. The topological polar surface area (TPSA) is 41.9 Å². The van der Waals surface area contributed by atoms with Crippen molar-refractivity contribution in [2.45, 2.75) is 13.2 Å². The van der Waals surface area contributed by atoms with E-state index >= 15 is 0 Å². The number of hydrogen-bond donors (Lipinski definition) is 0. The van der Waals surface area contributed by atoms with Crippen LogP contribution in [-0.4, -0.2) is 31.5 Å². The summed E-state index contributed by atoms with van der Waals surface area (Å²) in [5, 5.41) is 0.603. The van der Waals surface area contributed by atoms with Gasteiger partial charge in [-0.05, 0) is 25.1 Å². The Morgan fingerprint density at radius 1 is 1.22 bits per heavy atom. The van der Waals surface area contributed by atoms with Crippen molar-refractivity contribution >= 4 is 28.9 Å². The number of anilines is 1. The molecule has 4 nitrogen and oxygen atoms in total. The van der Waals surface area contributed by atoms with Crippen LogP contribution in [0.5, 0.6) is 0 Å². The average molecular weight is 329 g/mol. The molecule has 0 saturated heterocycles. The molecule has 0 aromatic heterocycles. The van der Waals surface area contributed by atoms with Gasteiger partial charge in [0, 0.05) is 23.3 Å². The van der Waals surface area contributed by atoms with E-state index in [-0.39, 0.29) is 18.7 Å². The number of aliphatic imine (C=N–C) groups is 1. The first-order chi connectivity index (χ1) is 11.1. The molecule has 2 aromatic carbocycles. The molecule has 5 heteroatoms. The van der Waals surface area contributed by atoms with Crippen molar-refractivity contribution in [2.24, 2.45) is 4.99 Å². The number of fused-ring (bicyclic) bond motifs is 1. The van der Waals surface area contributed by atoms with Gasteiger partial charge in [0.25, 0.3) is 5.91 Å². The second-order valence-electron chi connectivity index (χ2n) is 5.29. The van der Waals surface area contributed by atoms with Crippen LogP contribution in [0.25, 0.3) is 0 Å². The Bertz CT molecular complexity index is 759. The van der Waals surface area contributed by atoms with Gasteiger partial charge in [-0.1, -0.05) is 41.9 Å². The number of carbonyl (C=O) groups excluding carboxylic acids is 1. The third-order valence-corrected chi connectivity index (χ3v) is 4.10.